The number of benzene rings is 1. The minimum absolute atomic E-state index is 0.217. The van der Waals surface area contributed by atoms with Gasteiger partial charge in [0.1, 0.15) is 0 Å². The van der Waals surface area contributed by atoms with Crippen LogP contribution in [-0.4, -0.2) is 14.2 Å². The van der Waals surface area contributed by atoms with Crippen molar-refractivity contribution in [3.05, 3.63) is 24.3 Å². The lowest BCUT2D eigenvalue weighted by Gasteiger charge is -2.06. The second-order valence-electron chi connectivity index (χ2n) is 4.42. The van der Waals surface area contributed by atoms with Gasteiger partial charge in [-0.2, -0.15) is 0 Å². The topological polar surface area (TPSA) is 60.2 Å². The molecule has 16 heavy (non-hydrogen) atoms. The largest absolute Gasteiger partial charge is 0.399 e. The van der Waals surface area contributed by atoms with Crippen molar-refractivity contribution in [1.29, 1.82) is 0 Å². The molecule has 0 spiro atoms. The molecule has 0 radical (unpaired) electrons. The Bertz CT molecular complexity index is 421. The van der Waals surface area contributed by atoms with Crippen LogP contribution in [0.3, 0.4) is 0 Å². The Hall–Kier alpha value is -1.03. The van der Waals surface area contributed by atoms with Gasteiger partial charge < -0.3 is 5.73 Å². The quantitative estimate of drug-likeness (QED) is 0.806. The highest BCUT2D eigenvalue weighted by Gasteiger charge is 2.13. The lowest BCUT2D eigenvalue weighted by atomic mass is 10.1. The summed E-state index contributed by atoms with van der Waals surface area (Å²) in [5.74, 6) is 0.761. The molecule has 0 unspecified atom stereocenters. The van der Waals surface area contributed by atoms with E-state index < -0.39 is 9.84 Å². The predicted molar refractivity (Wildman–Crippen MR) is 67.0 cm³/mol. The summed E-state index contributed by atoms with van der Waals surface area (Å²) in [6.07, 6.45) is 1.65. The molecular formula is C12H19NO2S. The van der Waals surface area contributed by atoms with Gasteiger partial charge in [0, 0.05) is 5.69 Å². The fraction of sp³-hybridized carbons (Fsp3) is 0.500. The molecule has 0 aromatic heterocycles. The second-order valence-corrected chi connectivity index (χ2v) is 6.53. The molecule has 0 bridgehead atoms. The Balaban J connectivity index is 2.67. The van der Waals surface area contributed by atoms with E-state index in [0.717, 1.165) is 6.42 Å². The van der Waals surface area contributed by atoms with Crippen LogP contribution in [-0.2, 0) is 9.84 Å². The fourth-order valence-corrected chi connectivity index (χ4v) is 2.81. The molecule has 0 heterocycles. The Kier molecular flexibility index (Phi) is 4.35. The van der Waals surface area contributed by atoms with Gasteiger partial charge >= 0.3 is 0 Å². The Morgan fingerprint density at radius 2 is 1.75 bits per heavy atom. The third-order valence-corrected chi connectivity index (χ3v) is 4.25. The number of nitrogen functional groups attached to an aromatic ring is 1. The van der Waals surface area contributed by atoms with Gasteiger partial charge in [-0.1, -0.05) is 13.8 Å². The van der Waals surface area contributed by atoms with E-state index in [1.54, 1.807) is 24.3 Å². The lowest BCUT2D eigenvalue weighted by Crippen LogP contribution is -2.07. The van der Waals surface area contributed by atoms with E-state index >= 15 is 0 Å². The standard InChI is InChI=1S/C12H19NO2S/c1-10(2)4-3-9-16(14,15)12-7-5-11(13)6-8-12/h5-8,10H,3-4,9,13H2,1-2H3. The first-order valence-electron chi connectivity index (χ1n) is 5.50. The second kappa shape index (κ2) is 5.34. The first kappa shape index (κ1) is 13.0. The van der Waals surface area contributed by atoms with Crippen LogP contribution in [0.4, 0.5) is 5.69 Å². The van der Waals surface area contributed by atoms with Crippen LogP contribution in [0.5, 0.6) is 0 Å². The van der Waals surface area contributed by atoms with E-state index in [-0.39, 0.29) is 5.75 Å². The molecule has 1 aromatic rings. The molecule has 0 aliphatic rings. The van der Waals surface area contributed by atoms with Crippen LogP contribution < -0.4 is 5.73 Å². The molecule has 0 aliphatic heterocycles. The zero-order valence-electron chi connectivity index (χ0n) is 9.81. The third kappa shape index (κ3) is 3.85. The first-order chi connectivity index (χ1) is 7.42. The highest BCUT2D eigenvalue weighted by Crippen LogP contribution is 2.15. The number of sulfone groups is 1. The summed E-state index contributed by atoms with van der Waals surface area (Å²) in [7, 11) is -3.13. The molecule has 1 rings (SSSR count). The first-order valence-corrected chi connectivity index (χ1v) is 7.15. The SMILES string of the molecule is CC(C)CCCS(=O)(=O)c1ccc(N)cc1. The maximum atomic E-state index is 11.9. The predicted octanol–water partition coefficient (Wildman–Crippen LogP) is 2.48. The molecule has 3 nitrogen and oxygen atoms in total. The van der Waals surface area contributed by atoms with Gasteiger partial charge in [-0.05, 0) is 43.0 Å². The van der Waals surface area contributed by atoms with Crippen LogP contribution in [0.2, 0.25) is 0 Å². The van der Waals surface area contributed by atoms with Gasteiger partial charge in [0.15, 0.2) is 9.84 Å². The molecule has 0 atom stereocenters. The van der Waals surface area contributed by atoms with Gasteiger partial charge in [0.2, 0.25) is 0 Å². The van der Waals surface area contributed by atoms with E-state index in [9.17, 15) is 8.42 Å². The van der Waals surface area contributed by atoms with Gasteiger partial charge in [-0.3, -0.25) is 0 Å². The summed E-state index contributed by atoms with van der Waals surface area (Å²) in [4.78, 5) is 0.366. The molecular weight excluding hydrogens is 222 g/mol. The van der Waals surface area contributed by atoms with E-state index in [1.807, 2.05) is 0 Å². The number of nitrogens with two attached hydrogens (primary N) is 1. The van der Waals surface area contributed by atoms with Crippen molar-refractivity contribution in [2.45, 2.75) is 31.6 Å². The van der Waals surface area contributed by atoms with E-state index in [0.29, 0.717) is 22.9 Å². The van der Waals surface area contributed by atoms with E-state index in [4.69, 9.17) is 5.73 Å². The summed E-state index contributed by atoms with van der Waals surface area (Å²) in [6.45, 7) is 4.19. The smallest absolute Gasteiger partial charge is 0.178 e. The van der Waals surface area contributed by atoms with Crippen molar-refractivity contribution in [2.75, 3.05) is 11.5 Å². The fourth-order valence-electron chi connectivity index (χ4n) is 1.47. The van der Waals surface area contributed by atoms with Gasteiger partial charge in [0.05, 0.1) is 10.6 Å². The van der Waals surface area contributed by atoms with Crippen molar-refractivity contribution in [3.63, 3.8) is 0 Å². The van der Waals surface area contributed by atoms with Crippen molar-refractivity contribution in [2.24, 2.45) is 5.92 Å². The zero-order valence-corrected chi connectivity index (χ0v) is 10.6. The van der Waals surface area contributed by atoms with Crippen LogP contribution in [0.25, 0.3) is 0 Å². The molecule has 0 aliphatic carbocycles. The molecule has 0 saturated carbocycles. The normalized spacial score (nSPS) is 11.9. The summed E-state index contributed by atoms with van der Waals surface area (Å²) in [5, 5.41) is 0. The summed E-state index contributed by atoms with van der Waals surface area (Å²) < 4.78 is 23.8. The van der Waals surface area contributed by atoms with E-state index in [2.05, 4.69) is 13.8 Å². The Morgan fingerprint density at radius 1 is 1.19 bits per heavy atom. The molecule has 2 N–H and O–H groups in total. The zero-order chi connectivity index (χ0) is 12.2. The van der Waals surface area contributed by atoms with Crippen LogP contribution in [0.1, 0.15) is 26.7 Å². The van der Waals surface area contributed by atoms with Crippen molar-refractivity contribution in [1.82, 2.24) is 0 Å². The maximum Gasteiger partial charge on any atom is 0.178 e. The molecule has 1 aromatic carbocycles. The summed E-state index contributed by atoms with van der Waals surface area (Å²) in [6, 6.07) is 6.38. The van der Waals surface area contributed by atoms with Gasteiger partial charge in [-0.15, -0.1) is 0 Å². The molecule has 4 heteroatoms. The minimum atomic E-state index is -3.13. The number of rotatable bonds is 5. The highest BCUT2D eigenvalue weighted by molar-refractivity contribution is 7.91. The summed E-state index contributed by atoms with van der Waals surface area (Å²) >= 11 is 0. The van der Waals surface area contributed by atoms with Gasteiger partial charge in [-0.25, -0.2) is 8.42 Å². The Morgan fingerprint density at radius 3 is 2.25 bits per heavy atom. The highest BCUT2D eigenvalue weighted by atomic mass is 32.2. The lowest BCUT2D eigenvalue weighted by molar-refractivity contribution is 0.560. The van der Waals surface area contributed by atoms with Crippen LogP contribution in [0.15, 0.2) is 29.2 Å². The summed E-state index contributed by atoms with van der Waals surface area (Å²) in [5.41, 5.74) is 6.10. The number of hydrogen-bond acceptors (Lipinski definition) is 3. The third-order valence-electron chi connectivity index (χ3n) is 2.43. The van der Waals surface area contributed by atoms with Crippen molar-refractivity contribution in [3.8, 4) is 0 Å². The molecule has 0 amide bonds. The molecule has 90 valence electrons. The van der Waals surface area contributed by atoms with Crippen molar-refractivity contribution >= 4 is 15.5 Å². The maximum absolute atomic E-state index is 11.9. The van der Waals surface area contributed by atoms with Crippen LogP contribution >= 0.6 is 0 Å². The molecule has 0 fully saturated rings. The molecule has 0 saturated heterocycles. The van der Waals surface area contributed by atoms with Crippen LogP contribution in [0, 0.1) is 5.92 Å². The monoisotopic (exact) mass is 241 g/mol. The number of anilines is 1. The Labute approximate surface area is 97.6 Å². The number of hydrogen-bond donors (Lipinski definition) is 1. The van der Waals surface area contributed by atoms with Crippen molar-refractivity contribution < 1.29 is 8.42 Å². The average molecular weight is 241 g/mol. The average Bonchev–Trinajstić information content (AvgIpc) is 2.17. The van der Waals surface area contributed by atoms with Gasteiger partial charge in [0.25, 0.3) is 0 Å². The minimum Gasteiger partial charge on any atom is -0.399 e. The van der Waals surface area contributed by atoms with E-state index in [1.165, 1.54) is 0 Å².